The van der Waals surface area contributed by atoms with Crippen molar-refractivity contribution in [2.24, 2.45) is 0 Å². The second-order valence-corrected chi connectivity index (χ2v) is 6.08. The van der Waals surface area contributed by atoms with Crippen LogP contribution in [0.3, 0.4) is 0 Å². The number of fused-ring (bicyclic) bond motifs is 1. The first-order valence-corrected chi connectivity index (χ1v) is 7.87. The summed E-state index contributed by atoms with van der Waals surface area (Å²) in [5.41, 5.74) is 0.635. The molecule has 0 aliphatic rings. The third-order valence-corrected chi connectivity index (χ3v) is 4.85. The van der Waals surface area contributed by atoms with E-state index in [1.807, 2.05) is 0 Å². The highest BCUT2D eigenvalue weighted by molar-refractivity contribution is 9.11. The number of carbonyl (C=O) groups is 1. The molecule has 22 heavy (non-hydrogen) atoms. The molecule has 0 spiro atoms. The minimum Gasteiger partial charge on any atom is -0.506 e. The first kappa shape index (κ1) is 16.9. The second kappa shape index (κ2) is 6.75. The second-order valence-electron chi connectivity index (χ2n) is 4.50. The monoisotopic (exact) mass is 432 g/mol. The van der Waals surface area contributed by atoms with Gasteiger partial charge in [0.25, 0.3) is 0 Å². The molecule has 2 aromatic rings. The van der Waals surface area contributed by atoms with E-state index in [-0.39, 0.29) is 12.4 Å². The van der Waals surface area contributed by atoms with Crippen LogP contribution in [0.5, 0.6) is 17.2 Å². The van der Waals surface area contributed by atoms with E-state index in [2.05, 4.69) is 31.9 Å². The quantitative estimate of drug-likeness (QED) is 0.733. The zero-order chi connectivity index (χ0) is 16.4. The largest absolute Gasteiger partial charge is 0.506 e. The molecule has 0 aliphatic heterocycles. The predicted octanol–water partition coefficient (Wildman–Crippen LogP) is 4.15. The third-order valence-electron chi connectivity index (χ3n) is 3.15. The average molecular weight is 434 g/mol. The highest BCUT2D eigenvalue weighted by Crippen LogP contribution is 2.47. The van der Waals surface area contributed by atoms with Crippen molar-refractivity contribution in [1.82, 2.24) is 0 Å². The van der Waals surface area contributed by atoms with Crippen molar-refractivity contribution >= 4 is 48.6 Å². The molecule has 0 atom stereocenters. The Bertz CT molecular complexity index is 743. The number of rotatable bonds is 4. The van der Waals surface area contributed by atoms with Gasteiger partial charge in [0, 0.05) is 23.9 Å². The lowest BCUT2D eigenvalue weighted by atomic mass is 10.0. The molecule has 0 unspecified atom stereocenters. The Morgan fingerprint density at radius 1 is 1.14 bits per heavy atom. The molecule has 0 fully saturated rings. The standard InChI is InChI=1S/C15H14Br2O5/c1-7(18)22-6-8-4-9-12(15(19)13(8)16)10(20-2)5-11(21-3)14(9)17/h4-5,19H,6H2,1-3H3. The Kier molecular flexibility index (Phi) is 5.18. The number of phenolic OH excluding ortho intramolecular Hbond substituents is 1. The Balaban J connectivity index is 2.75. The Morgan fingerprint density at radius 2 is 1.77 bits per heavy atom. The average Bonchev–Trinajstić information content (AvgIpc) is 2.49. The first-order chi connectivity index (χ1) is 10.4. The molecule has 2 rings (SSSR count). The molecule has 7 heteroatoms. The molecule has 0 aliphatic carbocycles. The van der Waals surface area contributed by atoms with Crippen LogP contribution >= 0.6 is 31.9 Å². The van der Waals surface area contributed by atoms with E-state index >= 15 is 0 Å². The summed E-state index contributed by atoms with van der Waals surface area (Å²) in [5, 5.41) is 11.7. The number of carbonyl (C=O) groups excluding carboxylic acids is 1. The number of esters is 1. The zero-order valence-corrected chi connectivity index (χ0v) is 15.4. The van der Waals surface area contributed by atoms with Crippen molar-refractivity contribution < 1.29 is 24.1 Å². The van der Waals surface area contributed by atoms with Gasteiger partial charge in [0.15, 0.2) is 0 Å². The van der Waals surface area contributed by atoms with Gasteiger partial charge in [-0.05, 0) is 37.9 Å². The summed E-state index contributed by atoms with van der Waals surface area (Å²) in [6.45, 7) is 1.38. The SMILES string of the molecule is COc1cc(OC)c2c(O)c(Br)c(COC(C)=O)cc2c1Br. The molecule has 0 radical (unpaired) electrons. The summed E-state index contributed by atoms with van der Waals surface area (Å²) in [6, 6.07) is 3.49. The van der Waals surface area contributed by atoms with Crippen molar-refractivity contribution in [3.8, 4) is 17.2 Å². The first-order valence-electron chi connectivity index (χ1n) is 6.28. The third kappa shape index (κ3) is 3.01. The molecule has 0 saturated carbocycles. The summed E-state index contributed by atoms with van der Waals surface area (Å²) in [4.78, 5) is 11.0. The van der Waals surface area contributed by atoms with Gasteiger partial charge in [0.05, 0.1) is 28.6 Å². The van der Waals surface area contributed by atoms with Crippen LogP contribution in [0.15, 0.2) is 21.1 Å². The fourth-order valence-electron chi connectivity index (χ4n) is 2.10. The van der Waals surface area contributed by atoms with Crippen molar-refractivity contribution in [3.05, 3.63) is 26.6 Å². The van der Waals surface area contributed by atoms with Crippen LogP contribution in [0.4, 0.5) is 0 Å². The Labute approximate surface area is 144 Å². The van der Waals surface area contributed by atoms with E-state index in [0.717, 1.165) is 0 Å². The van der Waals surface area contributed by atoms with Crippen LogP contribution in [0, 0.1) is 0 Å². The molecule has 1 N–H and O–H groups in total. The molecule has 2 aromatic carbocycles. The summed E-state index contributed by atoms with van der Waals surface area (Å²) < 4.78 is 16.8. The van der Waals surface area contributed by atoms with Gasteiger partial charge in [-0.3, -0.25) is 4.79 Å². The van der Waals surface area contributed by atoms with E-state index in [1.54, 1.807) is 19.2 Å². The van der Waals surface area contributed by atoms with Crippen LogP contribution in [0.25, 0.3) is 10.8 Å². The summed E-state index contributed by atoms with van der Waals surface area (Å²) >= 11 is 6.80. The summed E-state index contributed by atoms with van der Waals surface area (Å²) in [6.07, 6.45) is 0. The van der Waals surface area contributed by atoms with E-state index in [9.17, 15) is 9.90 Å². The van der Waals surface area contributed by atoms with Gasteiger partial charge in [-0.2, -0.15) is 0 Å². The zero-order valence-electron chi connectivity index (χ0n) is 12.2. The number of hydrogen-bond acceptors (Lipinski definition) is 5. The maximum absolute atomic E-state index is 11.0. The Hall–Kier alpha value is -1.47. The molecule has 0 amide bonds. The van der Waals surface area contributed by atoms with Gasteiger partial charge in [0.2, 0.25) is 0 Å². The number of benzene rings is 2. The van der Waals surface area contributed by atoms with E-state index in [4.69, 9.17) is 14.2 Å². The van der Waals surface area contributed by atoms with Gasteiger partial charge < -0.3 is 19.3 Å². The lowest BCUT2D eigenvalue weighted by Gasteiger charge is -2.16. The number of hydrogen-bond donors (Lipinski definition) is 1. The fraction of sp³-hybridized carbons (Fsp3) is 0.267. The highest BCUT2D eigenvalue weighted by Gasteiger charge is 2.19. The number of halogens is 2. The minimum atomic E-state index is -0.395. The molecule has 118 valence electrons. The predicted molar refractivity (Wildman–Crippen MR) is 89.6 cm³/mol. The van der Waals surface area contributed by atoms with Gasteiger partial charge in [0.1, 0.15) is 23.9 Å². The fourth-order valence-corrected chi connectivity index (χ4v) is 3.12. The van der Waals surface area contributed by atoms with Gasteiger partial charge in [-0.1, -0.05) is 0 Å². The normalized spacial score (nSPS) is 10.6. The number of phenols is 1. The van der Waals surface area contributed by atoms with Crippen LogP contribution in [0.1, 0.15) is 12.5 Å². The van der Waals surface area contributed by atoms with Crippen LogP contribution < -0.4 is 9.47 Å². The molecule has 0 saturated heterocycles. The van der Waals surface area contributed by atoms with Gasteiger partial charge >= 0.3 is 5.97 Å². The van der Waals surface area contributed by atoms with Crippen LogP contribution in [0.2, 0.25) is 0 Å². The van der Waals surface area contributed by atoms with Crippen LogP contribution in [-0.2, 0) is 16.1 Å². The number of ether oxygens (including phenoxy) is 3. The number of aromatic hydroxyl groups is 1. The van der Waals surface area contributed by atoms with E-state index < -0.39 is 5.97 Å². The smallest absolute Gasteiger partial charge is 0.302 e. The van der Waals surface area contributed by atoms with E-state index in [0.29, 0.717) is 36.8 Å². The molecule has 0 aromatic heterocycles. The Morgan fingerprint density at radius 3 is 2.32 bits per heavy atom. The van der Waals surface area contributed by atoms with Crippen molar-refractivity contribution in [3.63, 3.8) is 0 Å². The highest BCUT2D eigenvalue weighted by atomic mass is 79.9. The molecule has 0 bridgehead atoms. The van der Waals surface area contributed by atoms with Crippen LogP contribution in [-0.4, -0.2) is 25.3 Å². The molecule has 5 nitrogen and oxygen atoms in total. The molecular weight excluding hydrogens is 420 g/mol. The lowest BCUT2D eigenvalue weighted by molar-refractivity contribution is -0.142. The number of methoxy groups -OCH3 is 2. The maximum atomic E-state index is 11.0. The van der Waals surface area contributed by atoms with E-state index in [1.165, 1.54) is 14.0 Å². The topological polar surface area (TPSA) is 65.0 Å². The van der Waals surface area contributed by atoms with Gasteiger partial charge in [-0.15, -0.1) is 0 Å². The summed E-state index contributed by atoms with van der Waals surface area (Å²) in [5.74, 6) is 0.672. The lowest BCUT2D eigenvalue weighted by Crippen LogP contribution is -2.00. The summed E-state index contributed by atoms with van der Waals surface area (Å²) in [7, 11) is 3.06. The maximum Gasteiger partial charge on any atom is 0.302 e. The van der Waals surface area contributed by atoms with Crippen molar-refractivity contribution in [2.45, 2.75) is 13.5 Å². The van der Waals surface area contributed by atoms with Crippen molar-refractivity contribution in [1.29, 1.82) is 0 Å². The van der Waals surface area contributed by atoms with Crippen molar-refractivity contribution in [2.75, 3.05) is 14.2 Å². The molecular formula is C15H14Br2O5. The molecule has 0 heterocycles. The minimum absolute atomic E-state index is 0.0138. The van der Waals surface area contributed by atoms with Gasteiger partial charge in [-0.25, -0.2) is 0 Å².